The second-order valence-corrected chi connectivity index (χ2v) is 5.10. The highest BCUT2D eigenvalue weighted by Crippen LogP contribution is 2.26. The van der Waals surface area contributed by atoms with E-state index in [1.165, 1.54) is 5.56 Å². The van der Waals surface area contributed by atoms with Crippen LogP contribution in [0.1, 0.15) is 24.8 Å². The van der Waals surface area contributed by atoms with Crippen LogP contribution in [0.3, 0.4) is 0 Å². The van der Waals surface area contributed by atoms with Crippen LogP contribution in [0.4, 0.5) is 5.69 Å². The molecule has 0 aromatic heterocycles. The Balaban J connectivity index is 1.85. The van der Waals surface area contributed by atoms with Crippen molar-refractivity contribution >= 4 is 17.3 Å². The molecule has 0 aliphatic heterocycles. The predicted molar refractivity (Wildman–Crippen MR) is 81.1 cm³/mol. The van der Waals surface area contributed by atoms with Crippen LogP contribution in [0.25, 0.3) is 0 Å². The summed E-state index contributed by atoms with van der Waals surface area (Å²) in [7, 11) is 0. The first-order chi connectivity index (χ1) is 9.16. The topological polar surface area (TPSA) is 32.3 Å². The van der Waals surface area contributed by atoms with Crippen molar-refractivity contribution in [2.75, 3.05) is 11.9 Å². The maximum absolute atomic E-state index is 9.35. The van der Waals surface area contributed by atoms with Crippen LogP contribution in [-0.4, -0.2) is 11.7 Å². The minimum atomic E-state index is 0.116. The van der Waals surface area contributed by atoms with Gasteiger partial charge in [-0.2, -0.15) is 0 Å². The second kappa shape index (κ2) is 6.48. The highest BCUT2D eigenvalue weighted by molar-refractivity contribution is 6.32. The molecule has 0 spiro atoms. The average molecular weight is 276 g/mol. The minimum absolute atomic E-state index is 0.116. The molecule has 0 saturated heterocycles. The van der Waals surface area contributed by atoms with Crippen molar-refractivity contribution in [3.8, 4) is 5.75 Å². The van der Waals surface area contributed by atoms with E-state index in [0.29, 0.717) is 10.9 Å². The molecule has 2 nitrogen and oxygen atoms in total. The third-order valence-corrected chi connectivity index (χ3v) is 3.53. The quantitative estimate of drug-likeness (QED) is 0.779. The van der Waals surface area contributed by atoms with Crippen LogP contribution >= 0.6 is 11.6 Å². The molecule has 1 atom stereocenters. The summed E-state index contributed by atoms with van der Waals surface area (Å²) < 4.78 is 0. The fourth-order valence-corrected chi connectivity index (χ4v) is 2.18. The smallest absolute Gasteiger partial charge is 0.134 e. The number of anilines is 1. The molecule has 2 aromatic carbocycles. The Morgan fingerprint density at radius 1 is 1.16 bits per heavy atom. The molecule has 0 aliphatic carbocycles. The molecule has 0 aliphatic rings. The molecule has 0 bridgehead atoms. The summed E-state index contributed by atoms with van der Waals surface area (Å²) in [5.41, 5.74) is 2.29. The summed E-state index contributed by atoms with van der Waals surface area (Å²) in [6.07, 6.45) is 1.04. The molecule has 3 heteroatoms. The van der Waals surface area contributed by atoms with Gasteiger partial charge >= 0.3 is 0 Å². The molecule has 2 aromatic rings. The summed E-state index contributed by atoms with van der Waals surface area (Å²) in [6.45, 7) is 3.10. The SMILES string of the molecule is CC(CCNc1ccc(O)c(Cl)c1)c1ccccc1. The lowest BCUT2D eigenvalue weighted by molar-refractivity contribution is 0.475. The van der Waals surface area contributed by atoms with Gasteiger partial charge in [-0.3, -0.25) is 0 Å². The van der Waals surface area contributed by atoms with E-state index < -0.39 is 0 Å². The normalized spacial score (nSPS) is 12.1. The summed E-state index contributed by atoms with van der Waals surface area (Å²) in [6, 6.07) is 15.7. The Labute approximate surface area is 119 Å². The maximum atomic E-state index is 9.35. The number of aromatic hydroxyl groups is 1. The van der Waals surface area contributed by atoms with Crippen LogP contribution in [0, 0.1) is 0 Å². The van der Waals surface area contributed by atoms with E-state index >= 15 is 0 Å². The van der Waals surface area contributed by atoms with E-state index in [2.05, 4.69) is 36.5 Å². The number of hydrogen-bond acceptors (Lipinski definition) is 2. The minimum Gasteiger partial charge on any atom is -0.506 e. The first kappa shape index (κ1) is 13.8. The Kier molecular flexibility index (Phi) is 4.69. The van der Waals surface area contributed by atoms with E-state index in [9.17, 15) is 5.11 Å². The monoisotopic (exact) mass is 275 g/mol. The number of benzene rings is 2. The molecular formula is C16H18ClNO. The molecule has 0 heterocycles. The van der Waals surface area contributed by atoms with Gasteiger partial charge in [0.05, 0.1) is 5.02 Å². The van der Waals surface area contributed by atoms with Crippen LogP contribution < -0.4 is 5.32 Å². The van der Waals surface area contributed by atoms with Crippen LogP contribution in [0.15, 0.2) is 48.5 Å². The number of phenols is 1. The zero-order chi connectivity index (χ0) is 13.7. The molecule has 2 N–H and O–H groups in total. The zero-order valence-electron chi connectivity index (χ0n) is 10.9. The van der Waals surface area contributed by atoms with Crippen LogP contribution in [0.2, 0.25) is 5.02 Å². The van der Waals surface area contributed by atoms with Crippen LogP contribution in [-0.2, 0) is 0 Å². The largest absolute Gasteiger partial charge is 0.506 e. The van der Waals surface area contributed by atoms with Gasteiger partial charge in [0, 0.05) is 12.2 Å². The first-order valence-corrected chi connectivity index (χ1v) is 6.82. The van der Waals surface area contributed by atoms with E-state index in [4.69, 9.17) is 11.6 Å². The lowest BCUT2D eigenvalue weighted by Crippen LogP contribution is -2.05. The van der Waals surface area contributed by atoms with Crippen molar-refractivity contribution in [1.82, 2.24) is 0 Å². The van der Waals surface area contributed by atoms with E-state index in [1.54, 1.807) is 12.1 Å². The fourth-order valence-electron chi connectivity index (χ4n) is 2.00. The Bertz CT molecular complexity index is 528. The highest BCUT2D eigenvalue weighted by atomic mass is 35.5. The van der Waals surface area contributed by atoms with Crippen molar-refractivity contribution in [1.29, 1.82) is 0 Å². The first-order valence-electron chi connectivity index (χ1n) is 6.44. The van der Waals surface area contributed by atoms with Gasteiger partial charge in [-0.15, -0.1) is 0 Å². The lowest BCUT2D eigenvalue weighted by Gasteiger charge is -2.13. The summed E-state index contributed by atoms with van der Waals surface area (Å²) in [4.78, 5) is 0. The molecule has 0 amide bonds. The molecule has 19 heavy (non-hydrogen) atoms. The number of hydrogen-bond donors (Lipinski definition) is 2. The third kappa shape index (κ3) is 3.90. The Morgan fingerprint density at radius 3 is 2.58 bits per heavy atom. The van der Waals surface area contributed by atoms with Gasteiger partial charge in [0.25, 0.3) is 0 Å². The number of rotatable bonds is 5. The standard InChI is InChI=1S/C16H18ClNO/c1-12(13-5-3-2-4-6-13)9-10-18-14-7-8-16(19)15(17)11-14/h2-8,11-12,18-19H,9-10H2,1H3. The van der Waals surface area contributed by atoms with Crippen molar-refractivity contribution in [3.63, 3.8) is 0 Å². The molecule has 1 unspecified atom stereocenters. The molecule has 100 valence electrons. The Morgan fingerprint density at radius 2 is 1.89 bits per heavy atom. The Hall–Kier alpha value is -1.67. The van der Waals surface area contributed by atoms with Crippen molar-refractivity contribution in [2.24, 2.45) is 0 Å². The van der Waals surface area contributed by atoms with Crippen molar-refractivity contribution < 1.29 is 5.11 Å². The van der Waals surface area contributed by atoms with Gasteiger partial charge in [0.2, 0.25) is 0 Å². The average Bonchev–Trinajstić information content (AvgIpc) is 2.43. The summed E-state index contributed by atoms with van der Waals surface area (Å²) >= 11 is 5.86. The van der Waals surface area contributed by atoms with E-state index in [0.717, 1.165) is 18.7 Å². The van der Waals surface area contributed by atoms with Crippen LogP contribution in [0.5, 0.6) is 5.75 Å². The van der Waals surface area contributed by atoms with Gasteiger partial charge in [-0.25, -0.2) is 0 Å². The predicted octanol–water partition coefficient (Wildman–Crippen LogP) is 4.65. The molecule has 2 rings (SSSR count). The molecule has 0 saturated carbocycles. The zero-order valence-corrected chi connectivity index (χ0v) is 11.7. The molecule has 0 radical (unpaired) electrons. The number of phenolic OH excluding ortho intramolecular Hbond substituents is 1. The number of halogens is 1. The highest BCUT2D eigenvalue weighted by Gasteiger charge is 2.05. The summed E-state index contributed by atoms with van der Waals surface area (Å²) in [5, 5.41) is 13.0. The van der Waals surface area contributed by atoms with Gasteiger partial charge in [-0.05, 0) is 36.1 Å². The lowest BCUT2D eigenvalue weighted by atomic mass is 9.98. The van der Waals surface area contributed by atoms with Gasteiger partial charge in [0.15, 0.2) is 0 Å². The van der Waals surface area contributed by atoms with Gasteiger partial charge in [0.1, 0.15) is 5.75 Å². The second-order valence-electron chi connectivity index (χ2n) is 4.69. The number of nitrogens with one attached hydrogen (secondary N) is 1. The maximum Gasteiger partial charge on any atom is 0.134 e. The fraction of sp³-hybridized carbons (Fsp3) is 0.250. The van der Waals surface area contributed by atoms with Crippen molar-refractivity contribution in [2.45, 2.75) is 19.3 Å². The van der Waals surface area contributed by atoms with Gasteiger partial charge < -0.3 is 10.4 Å². The molecule has 0 fully saturated rings. The van der Waals surface area contributed by atoms with Gasteiger partial charge in [-0.1, -0.05) is 48.9 Å². The third-order valence-electron chi connectivity index (χ3n) is 3.22. The van der Waals surface area contributed by atoms with Crippen molar-refractivity contribution in [3.05, 3.63) is 59.1 Å². The summed E-state index contributed by atoms with van der Waals surface area (Å²) in [5.74, 6) is 0.631. The van der Waals surface area contributed by atoms with E-state index in [1.807, 2.05) is 12.1 Å². The van der Waals surface area contributed by atoms with E-state index in [-0.39, 0.29) is 5.75 Å². The molecular weight excluding hydrogens is 258 g/mol.